The van der Waals surface area contributed by atoms with E-state index in [1.54, 1.807) is 54.5 Å². The van der Waals surface area contributed by atoms with Crippen molar-refractivity contribution in [1.82, 2.24) is 0 Å². The van der Waals surface area contributed by atoms with Crippen LogP contribution in [0.2, 0.25) is 0 Å². The van der Waals surface area contributed by atoms with Gasteiger partial charge in [-0.2, -0.15) is 0 Å². The Balaban J connectivity index is 2.90. The number of rotatable bonds is 11. The normalized spacial score (nSPS) is 13.1. The highest BCUT2D eigenvalue weighted by Crippen LogP contribution is 2.31. The van der Waals surface area contributed by atoms with Gasteiger partial charge in [-0.25, -0.2) is 9.59 Å². The van der Waals surface area contributed by atoms with Crippen LogP contribution < -0.4 is 15.2 Å². The van der Waals surface area contributed by atoms with Gasteiger partial charge in [0.15, 0.2) is 11.5 Å². The SMILES string of the molecule is CCCCC(=O)O[C@@H](C)COC(=O)[C@@H](N)Cc1ccc(OC(=O)OC(C)(C)C)c(OC(=O)OC(C)(C)C)c1. The van der Waals surface area contributed by atoms with Crippen LogP contribution in [-0.2, 0) is 35.0 Å². The number of benzene rings is 1. The maximum Gasteiger partial charge on any atom is 0.514 e. The molecular weight excluding hydrogens is 498 g/mol. The Morgan fingerprint density at radius 2 is 1.45 bits per heavy atom. The summed E-state index contributed by atoms with van der Waals surface area (Å²) >= 11 is 0. The standard InChI is InChI=1S/C27H41NO10/c1-9-10-11-22(29)34-17(2)16-33-23(30)19(28)14-18-12-13-20(35-24(31)37-26(3,4)5)21(15-18)36-25(32)38-27(6,7)8/h12-13,15,17,19H,9-11,14,16,28H2,1-8H3/t17-,19-/m0/s1. The van der Waals surface area contributed by atoms with Gasteiger partial charge >= 0.3 is 24.2 Å². The van der Waals surface area contributed by atoms with Crippen molar-refractivity contribution in [3.05, 3.63) is 23.8 Å². The molecule has 11 heteroatoms. The van der Waals surface area contributed by atoms with Crippen LogP contribution in [-0.4, -0.2) is 54.2 Å². The molecule has 2 atom stereocenters. The van der Waals surface area contributed by atoms with Crippen molar-refractivity contribution in [3.8, 4) is 11.5 Å². The van der Waals surface area contributed by atoms with E-state index in [1.807, 2.05) is 6.92 Å². The van der Waals surface area contributed by atoms with E-state index in [0.29, 0.717) is 12.0 Å². The molecule has 1 aromatic carbocycles. The fraction of sp³-hybridized carbons (Fsp3) is 0.630. The minimum atomic E-state index is -1.06. The zero-order chi connectivity index (χ0) is 29.1. The van der Waals surface area contributed by atoms with Gasteiger partial charge in [-0.05, 0) is 79.0 Å². The molecule has 0 fully saturated rings. The third kappa shape index (κ3) is 13.8. The molecular formula is C27H41NO10. The van der Waals surface area contributed by atoms with Gasteiger partial charge in [0, 0.05) is 6.42 Å². The molecule has 0 saturated carbocycles. The average Bonchev–Trinajstić information content (AvgIpc) is 2.75. The lowest BCUT2D eigenvalue weighted by Crippen LogP contribution is -2.36. The summed E-state index contributed by atoms with van der Waals surface area (Å²) < 4.78 is 31.2. The van der Waals surface area contributed by atoms with Gasteiger partial charge in [-0.15, -0.1) is 0 Å². The zero-order valence-electron chi connectivity index (χ0n) is 23.6. The summed E-state index contributed by atoms with van der Waals surface area (Å²) in [6, 6.07) is 3.27. The fourth-order valence-electron chi connectivity index (χ4n) is 2.85. The average molecular weight is 540 g/mol. The van der Waals surface area contributed by atoms with Crippen LogP contribution in [0.25, 0.3) is 0 Å². The van der Waals surface area contributed by atoms with Crippen molar-refractivity contribution in [2.45, 2.75) is 104 Å². The van der Waals surface area contributed by atoms with Gasteiger partial charge in [0.05, 0.1) is 0 Å². The number of carbonyl (C=O) groups excluding carboxylic acids is 4. The third-order valence-electron chi connectivity index (χ3n) is 4.46. The maximum atomic E-state index is 12.4. The Bertz CT molecular complexity index is 962. The summed E-state index contributed by atoms with van der Waals surface area (Å²) in [7, 11) is 0. The zero-order valence-corrected chi connectivity index (χ0v) is 23.6. The van der Waals surface area contributed by atoms with Crippen molar-refractivity contribution >= 4 is 24.2 Å². The first-order valence-electron chi connectivity index (χ1n) is 12.6. The van der Waals surface area contributed by atoms with Gasteiger partial charge in [-0.3, -0.25) is 9.59 Å². The topological polar surface area (TPSA) is 150 Å². The molecule has 38 heavy (non-hydrogen) atoms. The quantitative estimate of drug-likeness (QED) is 0.233. The van der Waals surface area contributed by atoms with Crippen LogP contribution in [0.3, 0.4) is 0 Å². The molecule has 0 radical (unpaired) electrons. The van der Waals surface area contributed by atoms with Crippen molar-refractivity contribution < 1.29 is 47.6 Å². The van der Waals surface area contributed by atoms with Gasteiger partial charge in [0.2, 0.25) is 0 Å². The van der Waals surface area contributed by atoms with E-state index in [-0.39, 0.29) is 30.5 Å². The van der Waals surface area contributed by atoms with Gasteiger partial charge < -0.3 is 34.2 Å². The number of hydrogen-bond acceptors (Lipinski definition) is 11. The minimum absolute atomic E-state index is 0.0148. The maximum absolute atomic E-state index is 12.4. The van der Waals surface area contributed by atoms with E-state index in [0.717, 1.165) is 12.8 Å². The van der Waals surface area contributed by atoms with E-state index < -0.39 is 41.6 Å². The minimum Gasteiger partial charge on any atom is -0.461 e. The highest BCUT2D eigenvalue weighted by molar-refractivity contribution is 5.76. The molecule has 0 amide bonds. The second kappa shape index (κ2) is 14.6. The van der Waals surface area contributed by atoms with E-state index in [4.69, 9.17) is 34.2 Å². The molecule has 1 aromatic rings. The summed E-state index contributed by atoms with van der Waals surface area (Å²) in [5, 5.41) is 0. The molecule has 0 aliphatic carbocycles. The van der Waals surface area contributed by atoms with E-state index in [9.17, 15) is 19.2 Å². The molecule has 214 valence electrons. The molecule has 0 unspecified atom stereocenters. The van der Waals surface area contributed by atoms with Gasteiger partial charge in [-0.1, -0.05) is 19.4 Å². The monoisotopic (exact) mass is 539 g/mol. The first-order chi connectivity index (χ1) is 17.5. The smallest absolute Gasteiger partial charge is 0.461 e. The molecule has 0 aliphatic heterocycles. The summed E-state index contributed by atoms with van der Waals surface area (Å²) in [4.78, 5) is 48.5. The molecule has 0 aliphatic rings. The second-order valence-electron chi connectivity index (χ2n) is 10.8. The van der Waals surface area contributed by atoms with E-state index in [1.165, 1.54) is 12.1 Å². The Kier molecular flexibility index (Phi) is 12.5. The van der Waals surface area contributed by atoms with Crippen LogP contribution in [0.15, 0.2) is 18.2 Å². The van der Waals surface area contributed by atoms with Crippen LogP contribution >= 0.6 is 0 Å². The van der Waals surface area contributed by atoms with Crippen molar-refractivity contribution in [3.63, 3.8) is 0 Å². The van der Waals surface area contributed by atoms with E-state index >= 15 is 0 Å². The lowest BCUT2D eigenvalue weighted by molar-refractivity contribution is -0.158. The number of unbranched alkanes of at least 4 members (excludes halogenated alkanes) is 1. The molecule has 11 nitrogen and oxygen atoms in total. The molecule has 0 aromatic heterocycles. The molecule has 0 spiro atoms. The van der Waals surface area contributed by atoms with Crippen molar-refractivity contribution in [2.75, 3.05) is 6.61 Å². The van der Waals surface area contributed by atoms with Crippen molar-refractivity contribution in [1.29, 1.82) is 0 Å². The first-order valence-corrected chi connectivity index (χ1v) is 12.6. The second-order valence-corrected chi connectivity index (χ2v) is 10.8. The summed E-state index contributed by atoms with van der Waals surface area (Å²) in [5.41, 5.74) is 4.87. The van der Waals surface area contributed by atoms with Crippen LogP contribution in [0.4, 0.5) is 9.59 Å². The van der Waals surface area contributed by atoms with Crippen LogP contribution in [0.1, 0.15) is 80.2 Å². The number of hydrogen-bond donors (Lipinski definition) is 1. The fourth-order valence-corrected chi connectivity index (χ4v) is 2.85. The lowest BCUT2D eigenvalue weighted by atomic mass is 10.1. The van der Waals surface area contributed by atoms with Crippen molar-refractivity contribution in [2.24, 2.45) is 5.73 Å². The highest BCUT2D eigenvalue weighted by Gasteiger charge is 2.24. The lowest BCUT2D eigenvalue weighted by Gasteiger charge is -2.21. The third-order valence-corrected chi connectivity index (χ3v) is 4.46. The molecule has 0 saturated heterocycles. The molecule has 2 N–H and O–H groups in total. The Morgan fingerprint density at radius 1 is 0.895 bits per heavy atom. The predicted octanol–water partition coefficient (Wildman–Crippen LogP) is 4.85. The summed E-state index contributed by atoms with van der Waals surface area (Å²) in [5.74, 6) is -1.28. The van der Waals surface area contributed by atoms with E-state index in [2.05, 4.69) is 0 Å². The largest absolute Gasteiger partial charge is 0.514 e. The highest BCUT2D eigenvalue weighted by atomic mass is 16.8. The molecule has 0 bridgehead atoms. The Labute approximate surface area is 224 Å². The van der Waals surface area contributed by atoms with Gasteiger partial charge in [0.1, 0.15) is 30.0 Å². The number of esters is 2. The summed E-state index contributed by atoms with van der Waals surface area (Å²) in [6.45, 7) is 13.5. The molecule has 1 rings (SSSR count). The molecule has 0 heterocycles. The first kappa shape index (κ1) is 32.7. The Morgan fingerprint density at radius 3 is 1.97 bits per heavy atom. The van der Waals surface area contributed by atoms with Crippen LogP contribution in [0, 0.1) is 0 Å². The van der Waals surface area contributed by atoms with Gasteiger partial charge in [0.25, 0.3) is 0 Å². The number of ether oxygens (including phenoxy) is 6. The summed E-state index contributed by atoms with van der Waals surface area (Å²) in [6.07, 6.45) is -0.729. The predicted molar refractivity (Wildman–Crippen MR) is 138 cm³/mol. The Hall–Kier alpha value is -3.34. The van der Waals surface area contributed by atoms with Crippen LogP contribution in [0.5, 0.6) is 11.5 Å². The number of nitrogens with two attached hydrogens (primary N) is 1. The number of carbonyl (C=O) groups is 4.